The van der Waals surface area contributed by atoms with E-state index in [2.05, 4.69) is 34.2 Å². The molecule has 3 heterocycles. The van der Waals surface area contributed by atoms with Gasteiger partial charge in [0.05, 0.1) is 17.9 Å². The zero-order valence-corrected chi connectivity index (χ0v) is 11.0. The van der Waals surface area contributed by atoms with E-state index in [9.17, 15) is 4.39 Å². The van der Waals surface area contributed by atoms with Gasteiger partial charge in [-0.15, -0.1) is 0 Å². The van der Waals surface area contributed by atoms with E-state index in [4.69, 9.17) is 0 Å². The first-order chi connectivity index (χ1) is 9.15. The molecular weight excluding hydrogens is 245 g/mol. The molecule has 0 saturated heterocycles. The Morgan fingerprint density at radius 2 is 2.26 bits per heavy atom. The smallest absolute Gasteiger partial charge is 0.222 e. The van der Waals surface area contributed by atoms with Crippen molar-refractivity contribution in [3.05, 3.63) is 35.7 Å². The minimum absolute atomic E-state index is 0.0249. The van der Waals surface area contributed by atoms with Gasteiger partial charge in [-0.05, 0) is 18.6 Å². The summed E-state index contributed by atoms with van der Waals surface area (Å²) < 4.78 is 14.8. The number of hydrogen-bond acceptors (Lipinski definition) is 4. The maximum Gasteiger partial charge on any atom is 0.222 e. The molecule has 5 nitrogen and oxygen atoms in total. The molecular formula is C13H16FN5. The molecule has 1 atom stereocenters. The highest BCUT2D eigenvalue weighted by molar-refractivity contribution is 5.31. The average molecular weight is 261 g/mol. The van der Waals surface area contributed by atoms with Crippen molar-refractivity contribution in [2.75, 3.05) is 11.9 Å². The van der Waals surface area contributed by atoms with Crippen molar-refractivity contribution in [2.45, 2.75) is 32.2 Å². The van der Waals surface area contributed by atoms with Crippen LogP contribution in [0.15, 0.2) is 18.3 Å². The lowest BCUT2D eigenvalue weighted by Crippen LogP contribution is -2.25. The van der Waals surface area contributed by atoms with E-state index < -0.39 is 0 Å². The minimum atomic E-state index is -0.320. The quantitative estimate of drug-likeness (QED) is 0.901. The number of fused-ring (bicyclic) bond motifs is 1. The number of rotatable bonds is 2. The second kappa shape index (κ2) is 4.60. The van der Waals surface area contributed by atoms with Crippen LogP contribution in [0.5, 0.6) is 0 Å². The maximum absolute atomic E-state index is 13.0. The molecule has 0 aromatic carbocycles. The Labute approximate surface area is 110 Å². The summed E-state index contributed by atoms with van der Waals surface area (Å²) in [4.78, 5) is 8.65. The summed E-state index contributed by atoms with van der Waals surface area (Å²) in [6, 6.07) is 3.17. The highest BCUT2D eigenvalue weighted by Gasteiger charge is 2.25. The molecule has 2 aromatic heterocycles. The van der Waals surface area contributed by atoms with E-state index in [0.717, 1.165) is 30.4 Å². The molecule has 0 amide bonds. The highest BCUT2D eigenvalue weighted by atomic mass is 19.1. The van der Waals surface area contributed by atoms with Gasteiger partial charge in [0.2, 0.25) is 5.95 Å². The summed E-state index contributed by atoms with van der Waals surface area (Å²) >= 11 is 0. The van der Waals surface area contributed by atoms with E-state index >= 15 is 0 Å². The molecule has 1 aliphatic rings. The number of halogens is 1. The van der Waals surface area contributed by atoms with Gasteiger partial charge >= 0.3 is 0 Å². The van der Waals surface area contributed by atoms with Crippen LogP contribution in [0.1, 0.15) is 43.7 Å². The molecule has 100 valence electrons. The Hall–Kier alpha value is -1.98. The van der Waals surface area contributed by atoms with E-state index in [1.807, 2.05) is 4.68 Å². The number of hydrogen-bond donors (Lipinski definition) is 1. The van der Waals surface area contributed by atoms with E-state index in [-0.39, 0.29) is 17.8 Å². The van der Waals surface area contributed by atoms with E-state index in [1.54, 1.807) is 6.07 Å². The van der Waals surface area contributed by atoms with Crippen LogP contribution < -0.4 is 5.32 Å². The zero-order valence-electron chi connectivity index (χ0n) is 11.0. The van der Waals surface area contributed by atoms with Crippen LogP contribution >= 0.6 is 0 Å². The molecule has 1 unspecified atom stereocenters. The Morgan fingerprint density at radius 3 is 2.95 bits per heavy atom. The SMILES string of the molecule is CC(C)c1nc2n(n1)C(c1ccc(F)cn1)CCN2. The van der Waals surface area contributed by atoms with Crippen molar-refractivity contribution < 1.29 is 4.39 Å². The second-order valence-electron chi connectivity index (χ2n) is 5.03. The van der Waals surface area contributed by atoms with Gasteiger partial charge in [-0.25, -0.2) is 9.07 Å². The Balaban J connectivity index is 1.99. The molecule has 1 aliphatic heterocycles. The van der Waals surface area contributed by atoms with Crippen molar-refractivity contribution in [3.8, 4) is 0 Å². The summed E-state index contributed by atoms with van der Waals surface area (Å²) in [6.07, 6.45) is 2.11. The molecule has 0 radical (unpaired) electrons. The Morgan fingerprint density at radius 1 is 1.42 bits per heavy atom. The number of nitrogens with zero attached hydrogens (tertiary/aromatic N) is 4. The van der Waals surface area contributed by atoms with Crippen molar-refractivity contribution in [3.63, 3.8) is 0 Å². The fourth-order valence-electron chi connectivity index (χ4n) is 2.22. The van der Waals surface area contributed by atoms with Crippen LogP contribution in [0, 0.1) is 5.82 Å². The molecule has 0 bridgehead atoms. The lowest BCUT2D eigenvalue weighted by atomic mass is 10.1. The fraction of sp³-hybridized carbons (Fsp3) is 0.462. The molecule has 0 saturated carbocycles. The van der Waals surface area contributed by atoms with E-state index in [0.29, 0.717) is 0 Å². The summed E-state index contributed by atoms with van der Waals surface area (Å²) in [7, 11) is 0. The van der Waals surface area contributed by atoms with Gasteiger partial charge in [0.1, 0.15) is 5.82 Å². The molecule has 0 fully saturated rings. The summed E-state index contributed by atoms with van der Waals surface area (Å²) in [5.41, 5.74) is 0.823. The van der Waals surface area contributed by atoms with Crippen molar-refractivity contribution >= 4 is 5.95 Å². The van der Waals surface area contributed by atoms with Crippen LogP contribution in [-0.4, -0.2) is 26.3 Å². The predicted octanol–water partition coefficient (Wildman–Crippen LogP) is 2.34. The van der Waals surface area contributed by atoms with Crippen molar-refractivity contribution in [1.82, 2.24) is 19.7 Å². The van der Waals surface area contributed by atoms with Gasteiger partial charge in [-0.3, -0.25) is 4.98 Å². The first-order valence-corrected chi connectivity index (χ1v) is 6.47. The lowest BCUT2D eigenvalue weighted by Gasteiger charge is -2.23. The summed E-state index contributed by atoms with van der Waals surface area (Å²) in [5.74, 6) is 1.55. The van der Waals surface area contributed by atoms with Crippen LogP contribution in [0.4, 0.5) is 10.3 Å². The van der Waals surface area contributed by atoms with Gasteiger partial charge in [-0.2, -0.15) is 10.1 Å². The predicted molar refractivity (Wildman–Crippen MR) is 69.6 cm³/mol. The summed E-state index contributed by atoms with van der Waals surface area (Å²) in [6.45, 7) is 4.94. The minimum Gasteiger partial charge on any atom is -0.354 e. The standard InChI is InChI=1S/C13H16FN5/c1-8(2)12-17-13-15-6-5-11(19(13)18-12)10-4-3-9(14)7-16-10/h3-4,7-8,11H,5-6H2,1-2H3,(H,15,17,18). The average Bonchev–Trinajstić information content (AvgIpc) is 2.83. The van der Waals surface area contributed by atoms with Gasteiger partial charge < -0.3 is 5.32 Å². The van der Waals surface area contributed by atoms with Crippen LogP contribution in [0.2, 0.25) is 0 Å². The van der Waals surface area contributed by atoms with Crippen molar-refractivity contribution in [2.24, 2.45) is 0 Å². The number of aromatic nitrogens is 4. The van der Waals surface area contributed by atoms with Gasteiger partial charge in [-0.1, -0.05) is 13.8 Å². The van der Waals surface area contributed by atoms with Crippen LogP contribution in [0.3, 0.4) is 0 Å². The third-order valence-corrected chi connectivity index (χ3v) is 3.25. The van der Waals surface area contributed by atoms with Gasteiger partial charge in [0.25, 0.3) is 0 Å². The zero-order chi connectivity index (χ0) is 13.4. The maximum atomic E-state index is 13.0. The highest BCUT2D eigenvalue weighted by Crippen LogP contribution is 2.28. The molecule has 6 heteroatoms. The third-order valence-electron chi connectivity index (χ3n) is 3.25. The van der Waals surface area contributed by atoms with Gasteiger partial charge in [0, 0.05) is 12.5 Å². The summed E-state index contributed by atoms with van der Waals surface area (Å²) in [5, 5.41) is 7.78. The molecule has 19 heavy (non-hydrogen) atoms. The fourth-order valence-corrected chi connectivity index (χ4v) is 2.22. The second-order valence-corrected chi connectivity index (χ2v) is 5.03. The first-order valence-electron chi connectivity index (χ1n) is 6.47. The van der Waals surface area contributed by atoms with Crippen LogP contribution in [0.25, 0.3) is 0 Å². The largest absolute Gasteiger partial charge is 0.354 e. The molecule has 0 spiro atoms. The monoisotopic (exact) mass is 261 g/mol. The molecule has 3 rings (SSSR count). The molecule has 0 aliphatic carbocycles. The van der Waals surface area contributed by atoms with Gasteiger partial charge in [0.15, 0.2) is 5.82 Å². The number of anilines is 1. The topological polar surface area (TPSA) is 55.6 Å². The normalized spacial score (nSPS) is 18.2. The molecule has 1 N–H and O–H groups in total. The lowest BCUT2D eigenvalue weighted by molar-refractivity contribution is 0.463. The number of pyridine rings is 1. The van der Waals surface area contributed by atoms with Crippen LogP contribution in [-0.2, 0) is 0 Å². The molecule has 2 aromatic rings. The Bertz CT molecular complexity index is 575. The Kier molecular flexibility index (Phi) is 2.93. The van der Waals surface area contributed by atoms with Crippen molar-refractivity contribution in [1.29, 1.82) is 0 Å². The number of nitrogens with one attached hydrogen (secondary N) is 1. The van der Waals surface area contributed by atoms with E-state index in [1.165, 1.54) is 12.3 Å². The third kappa shape index (κ3) is 2.18. The first kappa shape index (κ1) is 12.1.